The Bertz CT molecular complexity index is 348. The average molecular weight is 270 g/mol. The Morgan fingerprint density at radius 2 is 1.68 bits per heavy atom. The lowest BCUT2D eigenvalue weighted by Crippen LogP contribution is -2.50. The van der Waals surface area contributed by atoms with Gasteiger partial charge in [0.05, 0.1) is 18.1 Å². The van der Waals surface area contributed by atoms with Crippen molar-refractivity contribution in [2.24, 2.45) is 5.92 Å². The van der Waals surface area contributed by atoms with E-state index in [0.717, 1.165) is 32.1 Å². The average Bonchev–Trinajstić information content (AvgIpc) is 2.97. The Balaban J connectivity index is 1.82. The molecule has 6 heteroatoms. The lowest BCUT2D eigenvalue weighted by Gasteiger charge is -2.23. The van der Waals surface area contributed by atoms with Crippen molar-refractivity contribution < 1.29 is 19.4 Å². The zero-order chi connectivity index (χ0) is 13.8. The van der Waals surface area contributed by atoms with Crippen LogP contribution in [0.4, 0.5) is 4.79 Å². The van der Waals surface area contributed by atoms with Gasteiger partial charge in [0.25, 0.3) is 0 Å². The molecule has 0 saturated heterocycles. The lowest BCUT2D eigenvalue weighted by atomic mass is 10.0. The number of aliphatic carboxylic acids is 1. The summed E-state index contributed by atoms with van der Waals surface area (Å²) < 4.78 is 5.32. The number of nitrogens with one attached hydrogen (secondary N) is 2. The largest absolute Gasteiger partial charge is 0.481 e. The molecule has 4 atom stereocenters. The van der Waals surface area contributed by atoms with Crippen LogP contribution in [0.15, 0.2) is 0 Å². The molecule has 2 aliphatic rings. The van der Waals surface area contributed by atoms with Crippen LogP contribution in [0, 0.1) is 5.92 Å². The van der Waals surface area contributed by atoms with Gasteiger partial charge in [-0.25, -0.2) is 4.79 Å². The van der Waals surface area contributed by atoms with Crippen molar-refractivity contribution in [3.8, 4) is 0 Å². The van der Waals surface area contributed by atoms with E-state index in [1.54, 1.807) is 7.11 Å². The van der Waals surface area contributed by atoms with Gasteiger partial charge in [-0.2, -0.15) is 0 Å². The number of hydrogen-bond donors (Lipinski definition) is 3. The molecule has 2 fully saturated rings. The third-order valence-corrected chi connectivity index (χ3v) is 4.22. The molecule has 0 spiro atoms. The maximum atomic E-state index is 11.9. The molecule has 108 valence electrons. The van der Waals surface area contributed by atoms with Gasteiger partial charge in [0, 0.05) is 13.2 Å². The van der Waals surface area contributed by atoms with Crippen molar-refractivity contribution in [2.45, 2.75) is 56.7 Å². The summed E-state index contributed by atoms with van der Waals surface area (Å²) in [5.74, 6) is -1.27. The van der Waals surface area contributed by atoms with Crippen molar-refractivity contribution in [2.75, 3.05) is 7.11 Å². The van der Waals surface area contributed by atoms with E-state index in [1.807, 2.05) is 0 Å². The lowest BCUT2D eigenvalue weighted by molar-refractivity contribution is -0.142. The Morgan fingerprint density at radius 1 is 1.05 bits per heavy atom. The predicted molar refractivity (Wildman–Crippen MR) is 68.9 cm³/mol. The monoisotopic (exact) mass is 270 g/mol. The molecule has 2 saturated carbocycles. The molecule has 2 rings (SSSR count). The highest BCUT2D eigenvalue weighted by atomic mass is 16.5. The zero-order valence-corrected chi connectivity index (χ0v) is 11.2. The minimum atomic E-state index is -0.821. The Hall–Kier alpha value is -1.30. The number of carbonyl (C=O) groups is 2. The molecule has 0 heterocycles. The van der Waals surface area contributed by atoms with Gasteiger partial charge in [-0.05, 0) is 32.1 Å². The minimum absolute atomic E-state index is 0.0367. The fourth-order valence-electron chi connectivity index (χ4n) is 3.18. The van der Waals surface area contributed by atoms with Crippen molar-refractivity contribution in [3.05, 3.63) is 0 Å². The fourth-order valence-corrected chi connectivity index (χ4v) is 3.18. The third-order valence-electron chi connectivity index (χ3n) is 4.22. The van der Waals surface area contributed by atoms with Crippen molar-refractivity contribution in [1.82, 2.24) is 10.6 Å². The number of carboxylic acid groups (broad SMARTS) is 1. The third kappa shape index (κ3) is 3.37. The summed E-state index contributed by atoms with van der Waals surface area (Å²) in [6, 6.07) is -0.485. The number of ether oxygens (including phenoxy) is 1. The maximum absolute atomic E-state index is 11.9. The summed E-state index contributed by atoms with van der Waals surface area (Å²) in [7, 11) is 1.65. The van der Waals surface area contributed by atoms with Gasteiger partial charge in [0.15, 0.2) is 0 Å². The number of rotatable bonds is 4. The molecule has 0 aromatic carbocycles. The van der Waals surface area contributed by atoms with E-state index in [0.29, 0.717) is 6.42 Å². The molecule has 6 nitrogen and oxygen atoms in total. The first-order valence-electron chi connectivity index (χ1n) is 6.94. The summed E-state index contributed by atoms with van der Waals surface area (Å²) in [6.45, 7) is 0. The maximum Gasteiger partial charge on any atom is 0.315 e. The number of carbonyl (C=O) groups excluding carboxylic acids is 1. The van der Waals surface area contributed by atoms with Crippen LogP contribution in [0.25, 0.3) is 0 Å². The van der Waals surface area contributed by atoms with Crippen LogP contribution in [0.2, 0.25) is 0 Å². The summed E-state index contributed by atoms with van der Waals surface area (Å²) in [6.07, 6.45) is 5.23. The van der Waals surface area contributed by atoms with Gasteiger partial charge >= 0.3 is 12.0 Å². The second-order valence-corrected chi connectivity index (χ2v) is 5.41. The van der Waals surface area contributed by atoms with Gasteiger partial charge in [-0.3, -0.25) is 4.79 Å². The van der Waals surface area contributed by atoms with Gasteiger partial charge in [-0.15, -0.1) is 0 Å². The number of urea groups is 1. The highest BCUT2D eigenvalue weighted by Gasteiger charge is 2.35. The fraction of sp³-hybridized carbons (Fsp3) is 0.846. The van der Waals surface area contributed by atoms with Crippen LogP contribution in [0.5, 0.6) is 0 Å². The molecule has 4 unspecified atom stereocenters. The second kappa shape index (κ2) is 6.23. The van der Waals surface area contributed by atoms with Gasteiger partial charge in [-0.1, -0.05) is 6.42 Å². The minimum Gasteiger partial charge on any atom is -0.481 e. The Morgan fingerprint density at radius 3 is 2.37 bits per heavy atom. The van der Waals surface area contributed by atoms with Gasteiger partial charge in [0.2, 0.25) is 0 Å². The topological polar surface area (TPSA) is 87.7 Å². The van der Waals surface area contributed by atoms with Crippen LogP contribution >= 0.6 is 0 Å². The van der Waals surface area contributed by atoms with Crippen LogP contribution in [-0.2, 0) is 9.53 Å². The van der Waals surface area contributed by atoms with Crippen molar-refractivity contribution in [3.63, 3.8) is 0 Å². The summed E-state index contributed by atoms with van der Waals surface area (Å²) >= 11 is 0. The molecular formula is C13H22N2O4. The first-order chi connectivity index (χ1) is 9.11. The van der Waals surface area contributed by atoms with E-state index in [4.69, 9.17) is 9.84 Å². The molecule has 0 bridgehead atoms. The summed E-state index contributed by atoms with van der Waals surface area (Å²) in [5.41, 5.74) is 0. The molecular weight excluding hydrogens is 248 g/mol. The number of methoxy groups -OCH3 is 1. The first-order valence-corrected chi connectivity index (χ1v) is 6.94. The zero-order valence-electron chi connectivity index (χ0n) is 11.2. The second-order valence-electron chi connectivity index (χ2n) is 5.41. The molecule has 2 aliphatic carbocycles. The van der Waals surface area contributed by atoms with Crippen LogP contribution in [-0.4, -0.2) is 42.4 Å². The number of carboxylic acids is 1. The normalized spacial score (nSPS) is 34.2. The van der Waals surface area contributed by atoms with E-state index in [9.17, 15) is 9.59 Å². The SMILES string of the molecule is COC1CCCC1NC(=O)NC1CCCC1C(=O)O. The molecule has 2 amide bonds. The van der Waals surface area contributed by atoms with Crippen molar-refractivity contribution in [1.29, 1.82) is 0 Å². The standard InChI is InChI=1S/C13H22N2O4/c1-19-11-7-3-6-10(11)15-13(18)14-9-5-2-4-8(9)12(16)17/h8-11H,2-7H2,1H3,(H,16,17)(H2,14,15,18). The summed E-state index contributed by atoms with van der Waals surface area (Å²) in [5, 5.41) is 14.8. The first kappa shape index (κ1) is 14.1. The summed E-state index contributed by atoms with van der Waals surface area (Å²) in [4.78, 5) is 23.0. The van der Waals surface area contributed by atoms with Crippen LogP contribution in [0.1, 0.15) is 38.5 Å². The quantitative estimate of drug-likeness (QED) is 0.714. The predicted octanol–water partition coefficient (Wildman–Crippen LogP) is 1.11. The van der Waals surface area contributed by atoms with E-state index < -0.39 is 11.9 Å². The van der Waals surface area contributed by atoms with E-state index in [2.05, 4.69) is 10.6 Å². The van der Waals surface area contributed by atoms with Gasteiger partial charge in [0.1, 0.15) is 0 Å². The molecule has 0 aromatic heterocycles. The van der Waals surface area contributed by atoms with E-state index >= 15 is 0 Å². The van der Waals surface area contributed by atoms with Gasteiger partial charge < -0.3 is 20.5 Å². The highest BCUT2D eigenvalue weighted by molar-refractivity contribution is 5.77. The number of hydrogen-bond acceptors (Lipinski definition) is 3. The highest BCUT2D eigenvalue weighted by Crippen LogP contribution is 2.26. The molecule has 0 radical (unpaired) electrons. The molecule has 0 aliphatic heterocycles. The molecule has 3 N–H and O–H groups in total. The smallest absolute Gasteiger partial charge is 0.315 e. The molecule has 0 aromatic rings. The Kier molecular flexibility index (Phi) is 4.63. The van der Waals surface area contributed by atoms with E-state index in [1.165, 1.54) is 0 Å². The van der Waals surface area contributed by atoms with Crippen LogP contribution < -0.4 is 10.6 Å². The van der Waals surface area contributed by atoms with E-state index in [-0.39, 0.29) is 24.2 Å². The molecule has 19 heavy (non-hydrogen) atoms. The number of amides is 2. The van der Waals surface area contributed by atoms with Crippen molar-refractivity contribution >= 4 is 12.0 Å². The Labute approximate surface area is 112 Å². The van der Waals surface area contributed by atoms with Crippen LogP contribution in [0.3, 0.4) is 0 Å².